The van der Waals surface area contributed by atoms with Crippen molar-refractivity contribution in [2.24, 2.45) is 0 Å². The smallest absolute Gasteiger partial charge is 0.261 e. The van der Waals surface area contributed by atoms with Gasteiger partial charge in [0.25, 0.3) is 11.8 Å². The predicted molar refractivity (Wildman–Crippen MR) is 117 cm³/mol. The molecule has 0 aliphatic carbocycles. The summed E-state index contributed by atoms with van der Waals surface area (Å²) in [4.78, 5) is 29.4. The second-order valence-corrected chi connectivity index (χ2v) is 9.41. The molecule has 0 saturated heterocycles. The van der Waals surface area contributed by atoms with Crippen molar-refractivity contribution in [2.45, 2.75) is 6.42 Å². The van der Waals surface area contributed by atoms with Crippen LogP contribution in [-0.2, 0) is 0 Å². The van der Waals surface area contributed by atoms with Crippen molar-refractivity contribution in [1.82, 2.24) is 9.80 Å². The number of amides is 2. The van der Waals surface area contributed by atoms with Gasteiger partial charge in [-0.2, -0.15) is 0 Å². The Balaban J connectivity index is 1.89. The molecule has 0 aromatic heterocycles. The Morgan fingerprint density at radius 2 is 1.81 bits per heavy atom. The van der Waals surface area contributed by atoms with Crippen molar-refractivity contribution >= 4 is 49.9 Å². The van der Waals surface area contributed by atoms with Gasteiger partial charge in [0.2, 0.25) is 0 Å². The van der Waals surface area contributed by atoms with Crippen LogP contribution in [0.25, 0.3) is 10.8 Å². The van der Waals surface area contributed by atoms with E-state index in [1.165, 1.54) is 4.90 Å². The number of hydrogen-bond donors (Lipinski definition) is 1. The molecule has 0 saturated carbocycles. The number of nitrogens with one attached hydrogen (secondary N) is 1. The van der Waals surface area contributed by atoms with Gasteiger partial charge in [0.1, 0.15) is 0 Å². The first-order valence-corrected chi connectivity index (χ1v) is 11.7. The van der Waals surface area contributed by atoms with Crippen molar-refractivity contribution < 1.29 is 9.59 Å². The molecule has 0 atom stereocenters. The van der Waals surface area contributed by atoms with Crippen LogP contribution in [0.3, 0.4) is 0 Å². The normalized spacial score (nSPS) is 13.7. The van der Waals surface area contributed by atoms with Crippen LogP contribution in [0.15, 0.2) is 30.3 Å². The summed E-state index contributed by atoms with van der Waals surface area (Å²) in [6.45, 7) is 2.29. The summed E-state index contributed by atoms with van der Waals surface area (Å²) in [6, 6.07) is 9.51. The van der Waals surface area contributed by atoms with E-state index in [1.807, 2.05) is 36.6 Å². The topological polar surface area (TPSA) is 52.7 Å². The van der Waals surface area contributed by atoms with Gasteiger partial charge in [-0.3, -0.25) is 14.5 Å². The van der Waals surface area contributed by atoms with Gasteiger partial charge in [-0.15, -0.1) is 0 Å². The zero-order chi connectivity index (χ0) is 19.4. The molecule has 1 aliphatic heterocycles. The van der Waals surface area contributed by atoms with Crippen LogP contribution >= 0.6 is 21.6 Å². The van der Waals surface area contributed by atoms with Gasteiger partial charge in [0.15, 0.2) is 0 Å². The number of hydrogen-bond acceptors (Lipinski definition) is 6. The largest absolute Gasteiger partial charge is 0.384 e. The van der Waals surface area contributed by atoms with Crippen molar-refractivity contribution in [3.63, 3.8) is 0 Å². The highest BCUT2D eigenvalue weighted by molar-refractivity contribution is 8.76. The first kappa shape index (κ1) is 20.0. The molecule has 0 fully saturated rings. The Bertz CT molecular complexity index is 832. The number of imide groups is 1. The SMILES string of the molecule is CSSCCN1C(=O)c2cccc3c(NCCCN(C)C)ccc(c23)C1=O. The molecule has 1 aliphatic rings. The summed E-state index contributed by atoms with van der Waals surface area (Å²) in [7, 11) is 7.41. The Morgan fingerprint density at radius 1 is 1.07 bits per heavy atom. The van der Waals surface area contributed by atoms with Crippen LogP contribution < -0.4 is 5.32 Å². The van der Waals surface area contributed by atoms with Gasteiger partial charge >= 0.3 is 0 Å². The van der Waals surface area contributed by atoms with Crippen molar-refractivity contribution in [1.29, 1.82) is 0 Å². The fourth-order valence-corrected chi connectivity index (χ4v) is 4.48. The third kappa shape index (κ3) is 4.25. The number of rotatable bonds is 9. The Hall–Kier alpha value is -1.70. The summed E-state index contributed by atoms with van der Waals surface area (Å²) < 4.78 is 0. The molecule has 7 heteroatoms. The van der Waals surface area contributed by atoms with Crippen LogP contribution in [0.4, 0.5) is 5.69 Å². The molecule has 1 heterocycles. The Labute approximate surface area is 168 Å². The predicted octanol–water partition coefficient (Wildman–Crippen LogP) is 3.81. The standard InChI is InChI=1S/C20H25N3O2S2/c1-22(2)11-5-10-21-17-9-8-16-18-14(17)6-4-7-15(18)19(24)23(20(16)25)12-13-27-26-3/h4,6-9,21H,5,10-13H2,1-3H3. The van der Waals surface area contributed by atoms with E-state index in [4.69, 9.17) is 0 Å². The lowest BCUT2D eigenvalue weighted by Gasteiger charge is -2.27. The minimum atomic E-state index is -0.190. The molecule has 3 rings (SSSR count). The number of carbonyl (C=O) groups is 2. The van der Waals surface area contributed by atoms with E-state index in [2.05, 4.69) is 24.3 Å². The molecule has 2 aromatic carbocycles. The van der Waals surface area contributed by atoms with E-state index in [0.29, 0.717) is 17.7 Å². The fourth-order valence-electron chi connectivity index (χ4n) is 3.33. The highest BCUT2D eigenvalue weighted by Gasteiger charge is 2.32. The van der Waals surface area contributed by atoms with Crippen LogP contribution in [0.2, 0.25) is 0 Å². The lowest BCUT2D eigenvalue weighted by atomic mass is 9.93. The zero-order valence-electron chi connectivity index (χ0n) is 15.9. The molecule has 1 N–H and O–H groups in total. The van der Waals surface area contributed by atoms with Crippen LogP contribution in [0.1, 0.15) is 27.1 Å². The summed E-state index contributed by atoms with van der Waals surface area (Å²) >= 11 is 0. The van der Waals surface area contributed by atoms with Crippen LogP contribution in [0, 0.1) is 0 Å². The van der Waals surface area contributed by atoms with Crippen molar-refractivity contribution in [3.8, 4) is 0 Å². The monoisotopic (exact) mass is 403 g/mol. The van der Waals surface area contributed by atoms with Gasteiger partial charge in [0, 0.05) is 46.4 Å². The zero-order valence-corrected chi connectivity index (χ0v) is 17.6. The van der Waals surface area contributed by atoms with Crippen molar-refractivity contribution in [2.75, 3.05) is 51.1 Å². The van der Waals surface area contributed by atoms with Gasteiger partial charge in [-0.1, -0.05) is 33.7 Å². The summed E-state index contributed by atoms with van der Waals surface area (Å²) in [5.41, 5.74) is 2.21. The maximum atomic E-state index is 12.9. The maximum absolute atomic E-state index is 12.9. The number of nitrogens with zero attached hydrogens (tertiary/aromatic N) is 2. The molecule has 0 radical (unpaired) electrons. The summed E-state index contributed by atoms with van der Waals surface area (Å²) in [6.07, 6.45) is 3.02. The molecule has 144 valence electrons. The maximum Gasteiger partial charge on any atom is 0.261 e. The molecule has 0 bridgehead atoms. The first-order chi connectivity index (χ1) is 13.0. The van der Waals surface area contributed by atoms with E-state index >= 15 is 0 Å². The summed E-state index contributed by atoms with van der Waals surface area (Å²) in [5.74, 6) is 0.351. The lowest BCUT2D eigenvalue weighted by molar-refractivity contribution is 0.0621. The van der Waals surface area contributed by atoms with Gasteiger partial charge < -0.3 is 10.2 Å². The minimum Gasteiger partial charge on any atom is -0.384 e. The Kier molecular flexibility index (Phi) is 6.68. The Morgan fingerprint density at radius 3 is 2.52 bits per heavy atom. The third-order valence-corrected chi connectivity index (χ3v) is 6.40. The quantitative estimate of drug-likeness (QED) is 0.390. The van der Waals surface area contributed by atoms with E-state index in [1.54, 1.807) is 21.6 Å². The molecule has 0 unspecified atom stereocenters. The van der Waals surface area contributed by atoms with Crippen molar-refractivity contribution in [3.05, 3.63) is 41.5 Å². The average Bonchev–Trinajstić information content (AvgIpc) is 2.66. The first-order valence-electron chi connectivity index (χ1n) is 9.00. The molecule has 2 aromatic rings. The molecule has 5 nitrogen and oxygen atoms in total. The highest BCUT2D eigenvalue weighted by Crippen LogP contribution is 2.34. The number of benzene rings is 2. The minimum absolute atomic E-state index is 0.190. The molecule has 27 heavy (non-hydrogen) atoms. The van der Waals surface area contributed by atoms with E-state index in [-0.39, 0.29) is 11.8 Å². The van der Waals surface area contributed by atoms with Crippen LogP contribution in [-0.4, -0.2) is 67.4 Å². The molecule has 2 amide bonds. The van der Waals surface area contributed by atoms with Gasteiger partial charge in [0.05, 0.1) is 0 Å². The average molecular weight is 404 g/mol. The number of carbonyl (C=O) groups excluding carboxylic acids is 2. The highest BCUT2D eigenvalue weighted by atomic mass is 33.1. The van der Waals surface area contributed by atoms with E-state index < -0.39 is 0 Å². The summed E-state index contributed by atoms with van der Waals surface area (Å²) in [5, 5.41) is 5.18. The fraction of sp³-hybridized carbons (Fsp3) is 0.400. The second kappa shape index (κ2) is 8.99. The van der Waals surface area contributed by atoms with E-state index in [0.717, 1.165) is 41.7 Å². The van der Waals surface area contributed by atoms with Crippen LogP contribution in [0.5, 0.6) is 0 Å². The second-order valence-electron chi connectivity index (χ2n) is 6.72. The molecular weight excluding hydrogens is 378 g/mol. The third-order valence-electron chi connectivity index (χ3n) is 4.61. The van der Waals surface area contributed by atoms with E-state index in [9.17, 15) is 9.59 Å². The molecule has 0 spiro atoms. The lowest BCUT2D eigenvalue weighted by Crippen LogP contribution is -2.41. The van der Waals surface area contributed by atoms with Gasteiger partial charge in [-0.25, -0.2) is 0 Å². The van der Waals surface area contributed by atoms with Gasteiger partial charge in [-0.05, 0) is 51.5 Å². The number of anilines is 1. The molecular formula is C20H25N3O2S2.